The van der Waals surface area contributed by atoms with Crippen LogP contribution in [-0.4, -0.2) is 39.5 Å². The number of halogens is 1. The normalized spacial score (nSPS) is 11.6. The molecule has 1 aromatic rings. The van der Waals surface area contributed by atoms with Gasteiger partial charge >= 0.3 is 0 Å². The Labute approximate surface area is 131 Å². The van der Waals surface area contributed by atoms with E-state index in [1.807, 2.05) is 13.0 Å². The number of benzene rings is 1. The molecule has 5 nitrogen and oxygen atoms in total. The highest BCUT2D eigenvalue weighted by atomic mass is 35.5. The molecule has 0 aliphatic rings. The number of hydrogen-bond acceptors (Lipinski definition) is 4. The monoisotopic (exact) mass is 329 g/mol. The molecule has 0 aliphatic heterocycles. The fourth-order valence-electron chi connectivity index (χ4n) is 1.95. The third-order valence-corrected chi connectivity index (χ3v) is 5.00. The van der Waals surface area contributed by atoms with E-state index in [0.29, 0.717) is 18.7 Å². The second-order valence-electron chi connectivity index (χ2n) is 4.59. The molecule has 21 heavy (non-hydrogen) atoms. The van der Waals surface area contributed by atoms with Crippen molar-refractivity contribution in [1.82, 2.24) is 9.62 Å². The van der Waals surface area contributed by atoms with Crippen LogP contribution in [0.5, 0.6) is 0 Å². The van der Waals surface area contributed by atoms with Gasteiger partial charge in [0, 0.05) is 13.1 Å². The van der Waals surface area contributed by atoms with Crippen LogP contribution in [0.25, 0.3) is 0 Å². The molecule has 0 saturated heterocycles. The number of nitrogens with one attached hydrogen (secondary N) is 1. The van der Waals surface area contributed by atoms with Crippen LogP contribution < -0.4 is 4.72 Å². The third kappa shape index (κ3) is 5.29. The van der Waals surface area contributed by atoms with Crippen LogP contribution in [0.4, 0.5) is 0 Å². The first-order chi connectivity index (χ1) is 9.94. The molecule has 0 spiro atoms. The highest BCUT2D eigenvalue weighted by Gasteiger charge is 2.18. The molecule has 0 unspecified atom stereocenters. The maximum Gasteiger partial charge on any atom is 0.242 e. The molecule has 0 heterocycles. The van der Waals surface area contributed by atoms with Crippen molar-refractivity contribution in [1.29, 1.82) is 5.26 Å². The van der Waals surface area contributed by atoms with E-state index in [2.05, 4.69) is 16.5 Å². The summed E-state index contributed by atoms with van der Waals surface area (Å²) in [7, 11) is -3.65. The Balaban J connectivity index is 2.72. The van der Waals surface area contributed by atoms with Gasteiger partial charge in [-0.05, 0) is 37.7 Å². The predicted octanol–water partition coefficient (Wildman–Crippen LogP) is 2.22. The minimum absolute atomic E-state index is 0.00158. The lowest BCUT2D eigenvalue weighted by Crippen LogP contribution is -2.35. The van der Waals surface area contributed by atoms with E-state index in [0.717, 1.165) is 19.5 Å². The van der Waals surface area contributed by atoms with Crippen molar-refractivity contribution in [3.63, 3.8) is 0 Å². The molecule has 0 aromatic heterocycles. The second kappa shape index (κ2) is 8.35. The second-order valence-corrected chi connectivity index (χ2v) is 6.73. The van der Waals surface area contributed by atoms with Crippen molar-refractivity contribution in [2.24, 2.45) is 0 Å². The summed E-state index contributed by atoms with van der Waals surface area (Å²) >= 11 is 5.93. The van der Waals surface area contributed by atoms with E-state index in [1.165, 1.54) is 18.2 Å². The fourth-order valence-corrected chi connectivity index (χ4v) is 3.51. The van der Waals surface area contributed by atoms with Crippen LogP contribution >= 0.6 is 11.6 Å². The van der Waals surface area contributed by atoms with Gasteiger partial charge in [0.05, 0.1) is 16.7 Å². The largest absolute Gasteiger partial charge is 0.302 e. The van der Waals surface area contributed by atoms with Crippen LogP contribution in [0, 0.1) is 11.3 Å². The molecular weight excluding hydrogens is 310 g/mol. The molecule has 0 bridgehead atoms. The van der Waals surface area contributed by atoms with Crippen molar-refractivity contribution in [2.75, 3.05) is 26.2 Å². The summed E-state index contributed by atoms with van der Waals surface area (Å²) in [6, 6.07) is 6.07. The van der Waals surface area contributed by atoms with Gasteiger partial charge < -0.3 is 4.90 Å². The van der Waals surface area contributed by atoms with Gasteiger partial charge in [0.2, 0.25) is 10.0 Å². The van der Waals surface area contributed by atoms with E-state index in [1.54, 1.807) is 0 Å². The number of nitrogens with zero attached hydrogens (tertiary/aromatic N) is 2. The zero-order valence-electron chi connectivity index (χ0n) is 12.3. The molecule has 0 fully saturated rings. The summed E-state index contributed by atoms with van der Waals surface area (Å²) in [5.41, 5.74) is 0.332. The van der Waals surface area contributed by atoms with Gasteiger partial charge in [-0.15, -0.1) is 0 Å². The van der Waals surface area contributed by atoms with Crippen LogP contribution in [-0.2, 0) is 10.0 Å². The molecular formula is C14H20ClN3O2S. The molecule has 0 atom stereocenters. The van der Waals surface area contributed by atoms with E-state index < -0.39 is 10.0 Å². The minimum Gasteiger partial charge on any atom is -0.302 e. The SMILES string of the molecule is CCCN(CC)CCNS(=O)(=O)c1ccc(C#N)cc1Cl. The van der Waals surface area contributed by atoms with Gasteiger partial charge in [-0.25, -0.2) is 13.1 Å². The molecule has 0 amide bonds. The number of likely N-dealkylation sites (N-methyl/N-ethyl adjacent to an activating group) is 1. The summed E-state index contributed by atoms with van der Waals surface area (Å²) in [6.45, 7) is 6.93. The van der Waals surface area contributed by atoms with Crippen LogP contribution in [0.3, 0.4) is 0 Å². The zero-order chi connectivity index (χ0) is 15.9. The predicted molar refractivity (Wildman–Crippen MR) is 83.8 cm³/mol. The van der Waals surface area contributed by atoms with Gasteiger partial charge in [-0.1, -0.05) is 25.4 Å². The Kier molecular flexibility index (Phi) is 7.12. The highest BCUT2D eigenvalue weighted by molar-refractivity contribution is 7.89. The number of nitriles is 1. The van der Waals surface area contributed by atoms with Gasteiger partial charge in [-0.3, -0.25) is 0 Å². The summed E-state index contributed by atoms with van der Waals surface area (Å²) < 4.78 is 26.9. The molecule has 1 N–H and O–H groups in total. The molecule has 1 rings (SSSR count). The number of sulfonamides is 1. The zero-order valence-corrected chi connectivity index (χ0v) is 13.8. The lowest BCUT2D eigenvalue weighted by atomic mass is 10.2. The summed E-state index contributed by atoms with van der Waals surface area (Å²) in [5, 5.41) is 8.81. The molecule has 0 aliphatic carbocycles. The Morgan fingerprint density at radius 2 is 2.05 bits per heavy atom. The molecule has 7 heteroatoms. The first kappa shape index (κ1) is 17.9. The van der Waals surface area contributed by atoms with Crippen molar-refractivity contribution in [3.05, 3.63) is 28.8 Å². The van der Waals surface area contributed by atoms with Crippen molar-refractivity contribution in [2.45, 2.75) is 25.2 Å². The maximum absolute atomic E-state index is 12.2. The average Bonchev–Trinajstić information content (AvgIpc) is 2.45. The van der Waals surface area contributed by atoms with Crippen LogP contribution in [0.2, 0.25) is 5.02 Å². The van der Waals surface area contributed by atoms with Gasteiger partial charge in [0.1, 0.15) is 4.90 Å². The Bertz CT molecular complexity index is 611. The average molecular weight is 330 g/mol. The highest BCUT2D eigenvalue weighted by Crippen LogP contribution is 2.22. The smallest absolute Gasteiger partial charge is 0.242 e. The first-order valence-electron chi connectivity index (χ1n) is 6.86. The molecule has 116 valence electrons. The Morgan fingerprint density at radius 3 is 2.57 bits per heavy atom. The van der Waals surface area contributed by atoms with E-state index in [-0.39, 0.29) is 9.92 Å². The van der Waals surface area contributed by atoms with E-state index in [4.69, 9.17) is 16.9 Å². The Hall–Kier alpha value is -1.13. The van der Waals surface area contributed by atoms with Crippen molar-refractivity contribution >= 4 is 21.6 Å². The maximum atomic E-state index is 12.2. The van der Waals surface area contributed by atoms with Gasteiger partial charge in [0.15, 0.2) is 0 Å². The topological polar surface area (TPSA) is 73.2 Å². The first-order valence-corrected chi connectivity index (χ1v) is 8.72. The summed E-state index contributed by atoms with van der Waals surface area (Å²) in [4.78, 5) is 2.17. The van der Waals surface area contributed by atoms with Crippen molar-refractivity contribution < 1.29 is 8.42 Å². The molecule has 0 radical (unpaired) electrons. The summed E-state index contributed by atoms with van der Waals surface area (Å²) in [6.07, 6.45) is 1.03. The van der Waals surface area contributed by atoms with E-state index in [9.17, 15) is 8.42 Å². The minimum atomic E-state index is -3.65. The quantitative estimate of drug-likeness (QED) is 0.793. The third-order valence-electron chi connectivity index (χ3n) is 3.06. The number of rotatable bonds is 8. The fraction of sp³-hybridized carbons (Fsp3) is 0.500. The number of hydrogen-bond donors (Lipinski definition) is 1. The lowest BCUT2D eigenvalue weighted by Gasteiger charge is -2.19. The van der Waals surface area contributed by atoms with Crippen LogP contribution in [0.15, 0.2) is 23.1 Å². The van der Waals surface area contributed by atoms with Crippen LogP contribution in [0.1, 0.15) is 25.8 Å². The molecule has 0 saturated carbocycles. The van der Waals surface area contributed by atoms with Gasteiger partial charge in [-0.2, -0.15) is 5.26 Å². The molecule has 1 aromatic carbocycles. The standard InChI is InChI=1S/C14H20ClN3O2S/c1-3-8-18(4-2)9-7-17-21(19,20)14-6-5-12(11-16)10-13(14)15/h5-6,10,17H,3-4,7-9H2,1-2H3. The van der Waals surface area contributed by atoms with Gasteiger partial charge in [0.25, 0.3) is 0 Å². The summed E-state index contributed by atoms with van der Waals surface area (Å²) in [5.74, 6) is 0. The van der Waals surface area contributed by atoms with Crippen molar-refractivity contribution in [3.8, 4) is 6.07 Å². The Morgan fingerprint density at radius 1 is 1.33 bits per heavy atom. The van der Waals surface area contributed by atoms with E-state index >= 15 is 0 Å². The lowest BCUT2D eigenvalue weighted by molar-refractivity contribution is 0.293.